The second kappa shape index (κ2) is 6.00. The summed E-state index contributed by atoms with van der Waals surface area (Å²) < 4.78 is 5.21. The summed E-state index contributed by atoms with van der Waals surface area (Å²) in [5.74, 6) is 2.58. The van der Waals surface area contributed by atoms with E-state index in [1.165, 1.54) is 63.8 Å². The zero-order valence-corrected chi connectivity index (χ0v) is 14.5. The van der Waals surface area contributed by atoms with E-state index in [1.807, 2.05) is 0 Å². The molecule has 0 unspecified atom stereocenters. The Bertz CT molecular complexity index is 680. The van der Waals surface area contributed by atoms with Gasteiger partial charge in [0.2, 0.25) is 0 Å². The van der Waals surface area contributed by atoms with Gasteiger partial charge in [-0.25, -0.2) is 0 Å². The molecule has 1 N–H and O–H groups in total. The molecule has 5 rings (SSSR count). The van der Waals surface area contributed by atoms with Crippen LogP contribution in [-0.2, 0) is 0 Å². The lowest BCUT2D eigenvalue weighted by molar-refractivity contribution is -0.384. The molecular weight excluding hydrogens is 320 g/mol. The van der Waals surface area contributed by atoms with Crippen LogP contribution in [-0.4, -0.2) is 24.5 Å². The minimum atomic E-state index is -0.491. The molecule has 25 heavy (non-hydrogen) atoms. The van der Waals surface area contributed by atoms with Crippen LogP contribution in [0.4, 0.5) is 5.69 Å². The highest BCUT2D eigenvalue weighted by Crippen LogP contribution is 2.59. The van der Waals surface area contributed by atoms with Gasteiger partial charge in [-0.05, 0) is 67.8 Å². The number of amides is 1. The zero-order chi connectivity index (χ0) is 17.6. The number of nitro benzene ring substituents is 1. The molecule has 134 valence electrons. The summed E-state index contributed by atoms with van der Waals surface area (Å²) in [7, 11) is 1.47. The smallest absolute Gasteiger partial charge is 0.270 e. The highest BCUT2D eigenvalue weighted by molar-refractivity contribution is 5.97. The van der Waals surface area contributed by atoms with Crippen LogP contribution in [0.5, 0.6) is 5.75 Å². The van der Waals surface area contributed by atoms with Crippen LogP contribution in [0.3, 0.4) is 0 Å². The van der Waals surface area contributed by atoms with Crippen molar-refractivity contribution in [1.29, 1.82) is 0 Å². The monoisotopic (exact) mass is 344 g/mol. The summed E-state index contributed by atoms with van der Waals surface area (Å²) in [6, 6.07) is 4.14. The predicted octanol–water partition coefficient (Wildman–Crippen LogP) is 3.55. The summed E-state index contributed by atoms with van der Waals surface area (Å²) >= 11 is 0. The van der Waals surface area contributed by atoms with Crippen LogP contribution in [0, 0.1) is 33.3 Å². The van der Waals surface area contributed by atoms with Crippen molar-refractivity contribution in [3.05, 3.63) is 33.9 Å². The standard InChI is InChI=1S/C19H24N2O4/c1-25-17-3-2-15(21(23)24)7-16(17)18(22)20-11-19-8-12-4-13(9-19)6-14(5-12)10-19/h2-3,7,12-14H,4-6,8-11H2,1H3,(H,20,22). The van der Waals surface area contributed by atoms with E-state index in [-0.39, 0.29) is 22.6 Å². The molecule has 1 aromatic rings. The largest absolute Gasteiger partial charge is 0.496 e. The van der Waals surface area contributed by atoms with Crippen LogP contribution >= 0.6 is 0 Å². The number of carbonyl (C=O) groups is 1. The van der Waals surface area contributed by atoms with Gasteiger partial charge in [-0.15, -0.1) is 0 Å². The SMILES string of the molecule is COc1ccc([N+](=O)[O-])cc1C(=O)NCC12CC3CC(CC(C3)C1)C2. The van der Waals surface area contributed by atoms with Gasteiger partial charge in [-0.1, -0.05) is 0 Å². The normalized spacial score (nSPS) is 32.4. The van der Waals surface area contributed by atoms with Gasteiger partial charge >= 0.3 is 0 Å². The van der Waals surface area contributed by atoms with E-state index in [4.69, 9.17) is 4.74 Å². The number of nitro groups is 1. The number of nitrogens with zero attached hydrogens (tertiary/aromatic N) is 1. The molecule has 0 radical (unpaired) electrons. The number of hydrogen-bond donors (Lipinski definition) is 1. The van der Waals surface area contributed by atoms with Gasteiger partial charge in [0.25, 0.3) is 11.6 Å². The first-order valence-electron chi connectivity index (χ1n) is 9.09. The molecule has 4 aliphatic carbocycles. The van der Waals surface area contributed by atoms with Gasteiger partial charge < -0.3 is 10.1 Å². The van der Waals surface area contributed by atoms with Crippen molar-refractivity contribution in [1.82, 2.24) is 5.32 Å². The molecule has 1 aromatic carbocycles. The van der Waals surface area contributed by atoms with Crippen LogP contribution in [0.1, 0.15) is 48.9 Å². The van der Waals surface area contributed by atoms with E-state index in [0.717, 1.165) is 17.8 Å². The lowest BCUT2D eigenvalue weighted by Crippen LogP contribution is -2.51. The molecular formula is C19H24N2O4. The molecule has 0 aromatic heterocycles. The van der Waals surface area contributed by atoms with Crippen LogP contribution in [0.15, 0.2) is 18.2 Å². The molecule has 4 aliphatic rings. The summed E-state index contributed by atoms with van der Waals surface area (Å²) in [5.41, 5.74) is 0.375. The zero-order valence-electron chi connectivity index (χ0n) is 14.5. The van der Waals surface area contributed by atoms with Crippen molar-refractivity contribution >= 4 is 11.6 Å². The Kier molecular flexibility index (Phi) is 3.93. The fourth-order valence-electron chi connectivity index (χ4n) is 5.86. The van der Waals surface area contributed by atoms with E-state index >= 15 is 0 Å². The number of nitrogens with one attached hydrogen (secondary N) is 1. The summed E-state index contributed by atoms with van der Waals surface area (Å²) in [5, 5.41) is 14.1. The molecule has 6 nitrogen and oxygen atoms in total. The average Bonchev–Trinajstić information content (AvgIpc) is 2.58. The Morgan fingerprint density at radius 2 is 1.84 bits per heavy atom. The minimum Gasteiger partial charge on any atom is -0.496 e. The quantitative estimate of drug-likeness (QED) is 0.654. The molecule has 1 amide bonds. The van der Waals surface area contributed by atoms with Crippen molar-refractivity contribution in [3.63, 3.8) is 0 Å². The van der Waals surface area contributed by atoms with Crippen molar-refractivity contribution in [2.75, 3.05) is 13.7 Å². The maximum Gasteiger partial charge on any atom is 0.270 e. The highest BCUT2D eigenvalue weighted by atomic mass is 16.6. The number of hydrogen-bond acceptors (Lipinski definition) is 4. The topological polar surface area (TPSA) is 81.5 Å². The van der Waals surface area contributed by atoms with Crippen LogP contribution < -0.4 is 10.1 Å². The molecule has 4 saturated carbocycles. The van der Waals surface area contributed by atoms with Crippen LogP contribution in [0.25, 0.3) is 0 Å². The first-order valence-corrected chi connectivity index (χ1v) is 9.09. The van der Waals surface area contributed by atoms with E-state index in [2.05, 4.69) is 5.32 Å². The minimum absolute atomic E-state index is 0.0965. The molecule has 4 fully saturated rings. The molecule has 6 heteroatoms. The second-order valence-electron chi connectivity index (χ2n) is 8.24. The second-order valence-corrected chi connectivity index (χ2v) is 8.24. The first kappa shape index (κ1) is 16.4. The van der Waals surface area contributed by atoms with Gasteiger partial charge in [-0.3, -0.25) is 14.9 Å². The maximum atomic E-state index is 12.7. The number of methoxy groups -OCH3 is 1. The number of benzene rings is 1. The van der Waals surface area contributed by atoms with Gasteiger partial charge in [0.1, 0.15) is 5.75 Å². The molecule has 0 spiro atoms. The van der Waals surface area contributed by atoms with Gasteiger partial charge in [0.15, 0.2) is 0 Å². The third-order valence-corrected chi connectivity index (χ3v) is 6.43. The number of rotatable bonds is 5. The Hall–Kier alpha value is -2.11. The van der Waals surface area contributed by atoms with E-state index < -0.39 is 4.92 Å². The Balaban J connectivity index is 1.49. The van der Waals surface area contributed by atoms with Gasteiger partial charge in [0, 0.05) is 18.7 Å². The molecule has 4 bridgehead atoms. The Labute approximate surface area is 147 Å². The third kappa shape index (κ3) is 2.98. The lowest BCUT2D eigenvalue weighted by atomic mass is 9.49. The number of non-ortho nitro benzene ring substituents is 1. The van der Waals surface area contributed by atoms with Crippen molar-refractivity contribution in [2.45, 2.75) is 38.5 Å². The number of carbonyl (C=O) groups excluding carboxylic acids is 1. The molecule has 0 atom stereocenters. The van der Waals surface area contributed by atoms with Gasteiger partial charge in [0.05, 0.1) is 17.6 Å². The summed E-state index contributed by atoms with van der Waals surface area (Å²) in [4.78, 5) is 23.2. The van der Waals surface area contributed by atoms with E-state index in [9.17, 15) is 14.9 Å². The van der Waals surface area contributed by atoms with Crippen molar-refractivity contribution < 1.29 is 14.5 Å². The van der Waals surface area contributed by atoms with Crippen LogP contribution in [0.2, 0.25) is 0 Å². The third-order valence-electron chi connectivity index (χ3n) is 6.43. The first-order chi connectivity index (χ1) is 12.0. The van der Waals surface area contributed by atoms with E-state index in [1.54, 1.807) is 0 Å². The Morgan fingerprint density at radius 1 is 1.24 bits per heavy atom. The summed E-state index contributed by atoms with van der Waals surface area (Å²) in [6.07, 6.45) is 7.74. The fourth-order valence-corrected chi connectivity index (χ4v) is 5.86. The fraction of sp³-hybridized carbons (Fsp3) is 0.632. The lowest BCUT2D eigenvalue weighted by Gasteiger charge is -2.56. The number of ether oxygens (including phenoxy) is 1. The van der Waals surface area contributed by atoms with Crippen molar-refractivity contribution in [3.8, 4) is 5.75 Å². The summed E-state index contributed by atoms with van der Waals surface area (Å²) in [6.45, 7) is 0.668. The molecule has 0 heterocycles. The maximum absolute atomic E-state index is 12.7. The van der Waals surface area contributed by atoms with E-state index in [0.29, 0.717) is 12.3 Å². The molecule has 0 aliphatic heterocycles. The highest BCUT2D eigenvalue weighted by Gasteiger charge is 2.50. The van der Waals surface area contributed by atoms with Crippen molar-refractivity contribution in [2.24, 2.45) is 23.2 Å². The average molecular weight is 344 g/mol. The predicted molar refractivity (Wildman–Crippen MR) is 92.6 cm³/mol. The van der Waals surface area contributed by atoms with Gasteiger partial charge in [-0.2, -0.15) is 0 Å². The molecule has 0 saturated heterocycles. The Morgan fingerprint density at radius 3 is 2.36 bits per heavy atom.